The van der Waals surface area contributed by atoms with Gasteiger partial charge in [-0.05, 0) is 53.6 Å². The first kappa shape index (κ1) is 21.1. The van der Waals surface area contributed by atoms with E-state index in [1.807, 2.05) is 47.8 Å². The lowest BCUT2D eigenvalue weighted by atomic mass is 10.0. The summed E-state index contributed by atoms with van der Waals surface area (Å²) in [5.74, 6) is 2.19. The first-order valence-electron chi connectivity index (χ1n) is 10.6. The second-order valence-corrected chi connectivity index (χ2v) is 8.70. The van der Waals surface area contributed by atoms with E-state index in [0.717, 1.165) is 35.6 Å². The van der Waals surface area contributed by atoms with E-state index in [4.69, 9.17) is 9.72 Å². The molecule has 0 spiro atoms. The Hall–Kier alpha value is -3.12. The summed E-state index contributed by atoms with van der Waals surface area (Å²) in [6.07, 6.45) is 0.845. The lowest BCUT2D eigenvalue weighted by Gasteiger charge is -2.12. The van der Waals surface area contributed by atoms with Crippen LogP contribution in [0.5, 0.6) is 5.75 Å². The van der Waals surface area contributed by atoms with Crippen LogP contribution in [0.2, 0.25) is 0 Å². The zero-order chi connectivity index (χ0) is 21.6. The van der Waals surface area contributed by atoms with Crippen LogP contribution < -0.4 is 10.1 Å². The van der Waals surface area contributed by atoms with Crippen LogP contribution in [0.15, 0.2) is 66.0 Å². The molecule has 0 atom stereocenters. The van der Waals surface area contributed by atoms with Crippen molar-refractivity contribution in [1.29, 1.82) is 0 Å². The average Bonchev–Trinajstić information content (AvgIpc) is 3.44. The van der Waals surface area contributed by atoms with Crippen LogP contribution in [0.3, 0.4) is 0 Å². The molecule has 0 radical (unpaired) electrons. The van der Waals surface area contributed by atoms with Crippen molar-refractivity contribution in [2.45, 2.75) is 39.3 Å². The highest BCUT2D eigenvalue weighted by Crippen LogP contribution is 2.20. The van der Waals surface area contributed by atoms with Gasteiger partial charge in [-0.1, -0.05) is 44.2 Å². The molecule has 0 unspecified atom stereocenters. The lowest BCUT2D eigenvalue weighted by molar-refractivity contribution is 0.0953. The molecule has 0 saturated heterocycles. The van der Waals surface area contributed by atoms with Crippen molar-refractivity contribution in [3.8, 4) is 5.75 Å². The number of benzene rings is 2. The summed E-state index contributed by atoms with van der Waals surface area (Å²) < 4.78 is 8.11. The SMILES string of the molecule is CC(C)c1ccc(OCCCn2c(CNC(=O)c3cccs3)nc3ccccc32)cc1. The van der Waals surface area contributed by atoms with Gasteiger partial charge in [0.1, 0.15) is 11.6 Å². The molecule has 2 aromatic heterocycles. The number of fused-ring (bicyclic) bond motifs is 1. The number of para-hydroxylation sites is 2. The normalized spacial score (nSPS) is 11.2. The standard InChI is InChI=1S/C25H27N3O2S/c1-18(2)19-10-12-20(13-11-19)30-15-6-14-28-22-8-4-3-7-21(22)27-24(28)17-26-25(29)23-9-5-16-31-23/h3-5,7-13,16,18H,6,14-15,17H2,1-2H3,(H,26,29). The first-order valence-corrected chi connectivity index (χ1v) is 11.5. The zero-order valence-electron chi connectivity index (χ0n) is 17.9. The van der Waals surface area contributed by atoms with Crippen LogP contribution in [0.25, 0.3) is 11.0 Å². The van der Waals surface area contributed by atoms with E-state index >= 15 is 0 Å². The summed E-state index contributed by atoms with van der Waals surface area (Å²) in [7, 11) is 0. The molecule has 1 amide bonds. The number of rotatable bonds is 9. The van der Waals surface area contributed by atoms with Gasteiger partial charge in [0.05, 0.1) is 29.1 Å². The maximum absolute atomic E-state index is 12.3. The molecule has 0 aliphatic rings. The van der Waals surface area contributed by atoms with Crippen molar-refractivity contribution in [2.75, 3.05) is 6.61 Å². The van der Waals surface area contributed by atoms with Crippen LogP contribution in [0.4, 0.5) is 0 Å². The Bertz CT molecular complexity index is 1130. The molecule has 4 rings (SSSR count). The van der Waals surface area contributed by atoms with Gasteiger partial charge in [0.15, 0.2) is 0 Å². The minimum atomic E-state index is -0.0678. The minimum Gasteiger partial charge on any atom is -0.494 e. The number of thiophene rings is 1. The molecule has 160 valence electrons. The molecule has 0 aliphatic carbocycles. The number of hydrogen-bond acceptors (Lipinski definition) is 4. The summed E-state index contributed by atoms with van der Waals surface area (Å²) >= 11 is 1.44. The number of carbonyl (C=O) groups is 1. The fraction of sp³-hybridized carbons (Fsp3) is 0.280. The molecule has 6 heteroatoms. The second-order valence-electron chi connectivity index (χ2n) is 7.75. The van der Waals surface area contributed by atoms with E-state index in [1.165, 1.54) is 16.9 Å². The number of amides is 1. The molecule has 0 aliphatic heterocycles. The molecular formula is C25H27N3O2S. The maximum atomic E-state index is 12.3. The molecule has 0 fully saturated rings. The molecule has 2 aromatic carbocycles. The molecule has 2 heterocycles. The van der Waals surface area contributed by atoms with Gasteiger partial charge in [0.25, 0.3) is 5.91 Å². The van der Waals surface area contributed by atoms with Gasteiger partial charge in [-0.25, -0.2) is 4.98 Å². The Kier molecular flexibility index (Phi) is 6.67. The quantitative estimate of drug-likeness (QED) is 0.349. The summed E-state index contributed by atoms with van der Waals surface area (Å²) in [5, 5.41) is 4.89. The van der Waals surface area contributed by atoms with Crippen molar-refractivity contribution in [2.24, 2.45) is 0 Å². The Morgan fingerprint density at radius 3 is 2.65 bits per heavy atom. The first-order chi connectivity index (χ1) is 15.1. The number of ether oxygens (including phenoxy) is 1. The monoisotopic (exact) mass is 433 g/mol. The second kappa shape index (κ2) is 9.79. The van der Waals surface area contributed by atoms with Crippen molar-refractivity contribution in [3.63, 3.8) is 0 Å². The summed E-state index contributed by atoms with van der Waals surface area (Å²) in [6.45, 7) is 6.16. The largest absolute Gasteiger partial charge is 0.494 e. The van der Waals surface area contributed by atoms with Crippen LogP contribution in [0.1, 0.15) is 47.2 Å². The van der Waals surface area contributed by atoms with Crippen LogP contribution >= 0.6 is 11.3 Å². The predicted molar refractivity (Wildman–Crippen MR) is 126 cm³/mol. The van der Waals surface area contributed by atoms with Gasteiger partial charge < -0.3 is 14.6 Å². The summed E-state index contributed by atoms with van der Waals surface area (Å²) in [5.41, 5.74) is 3.32. The lowest BCUT2D eigenvalue weighted by Crippen LogP contribution is -2.24. The Morgan fingerprint density at radius 1 is 1.10 bits per heavy atom. The summed E-state index contributed by atoms with van der Waals surface area (Å²) in [6, 6.07) is 20.1. The molecule has 5 nitrogen and oxygen atoms in total. The highest BCUT2D eigenvalue weighted by atomic mass is 32.1. The highest BCUT2D eigenvalue weighted by Gasteiger charge is 2.13. The molecule has 4 aromatic rings. The van der Waals surface area contributed by atoms with E-state index in [0.29, 0.717) is 23.9 Å². The smallest absolute Gasteiger partial charge is 0.261 e. The van der Waals surface area contributed by atoms with Crippen molar-refractivity contribution in [3.05, 3.63) is 82.3 Å². The number of nitrogens with one attached hydrogen (secondary N) is 1. The molecule has 31 heavy (non-hydrogen) atoms. The van der Waals surface area contributed by atoms with E-state index < -0.39 is 0 Å². The van der Waals surface area contributed by atoms with Gasteiger partial charge >= 0.3 is 0 Å². The predicted octanol–water partition coefficient (Wildman–Crippen LogP) is 5.62. The zero-order valence-corrected chi connectivity index (χ0v) is 18.7. The van der Waals surface area contributed by atoms with Gasteiger partial charge in [-0.15, -0.1) is 11.3 Å². The highest BCUT2D eigenvalue weighted by molar-refractivity contribution is 7.12. The number of aryl methyl sites for hydroxylation is 1. The maximum Gasteiger partial charge on any atom is 0.261 e. The number of carbonyl (C=O) groups excluding carboxylic acids is 1. The number of hydrogen-bond donors (Lipinski definition) is 1. The van der Waals surface area contributed by atoms with Crippen LogP contribution in [-0.2, 0) is 13.1 Å². The molecule has 0 saturated carbocycles. The fourth-order valence-electron chi connectivity index (χ4n) is 3.53. The van der Waals surface area contributed by atoms with Crippen molar-refractivity contribution >= 4 is 28.3 Å². The molecule has 0 bridgehead atoms. The molecule has 1 N–H and O–H groups in total. The fourth-order valence-corrected chi connectivity index (χ4v) is 4.17. The van der Waals surface area contributed by atoms with Gasteiger partial charge in [0.2, 0.25) is 0 Å². The summed E-state index contributed by atoms with van der Waals surface area (Å²) in [4.78, 5) is 17.8. The van der Waals surface area contributed by atoms with E-state index in [1.54, 1.807) is 0 Å². The third-order valence-electron chi connectivity index (χ3n) is 5.23. The number of nitrogens with zero attached hydrogens (tertiary/aromatic N) is 2. The van der Waals surface area contributed by atoms with E-state index in [-0.39, 0.29) is 5.91 Å². The van der Waals surface area contributed by atoms with Gasteiger partial charge in [-0.3, -0.25) is 4.79 Å². The molecular weight excluding hydrogens is 406 g/mol. The minimum absolute atomic E-state index is 0.0678. The van der Waals surface area contributed by atoms with Crippen LogP contribution in [0, 0.1) is 0 Å². The Morgan fingerprint density at radius 2 is 1.90 bits per heavy atom. The van der Waals surface area contributed by atoms with E-state index in [2.05, 4.69) is 41.9 Å². The number of imidazole rings is 1. The number of aromatic nitrogens is 2. The van der Waals surface area contributed by atoms with E-state index in [9.17, 15) is 4.79 Å². The van der Waals surface area contributed by atoms with Crippen LogP contribution in [-0.4, -0.2) is 22.1 Å². The van der Waals surface area contributed by atoms with Gasteiger partial charge in [-0.2, -0.15) is 0 Å². The van der Waals surface area contributed by atoms with Crippen molar-refractivity contribution in [1.82, 2.24) is 14.9 Å². The Labute approximate surface area is 186 Å². The Balaban J connectivity index is 1.39. The average molecular weight is 434 g/mol. The third kappa shape index (κ3) is 5.14. The topological polar surface area (TPSA) is 56.1 Å². The third-order valence-corrected chi connectivity index (χ3v) is 6.10. The van der Waals surface area contributed by atoms with Crippen molar-refractivity contribution < 1.29 is 9.53 Å². The van der Waals surface area contributed by atoms with Gasteiger partial charge in [0, 0.05) is 6.54 Å².